The predicted octanol–water partition coefficient (Wildman–Crippen LogP) is -0.645. The normalized spacial score (nSPS) is 10.2. The Morgan fingerprint density at radius 2 is 1.00 bits per heavy atom. The van der Waals surface area contributed by atoms with Crippen molar-refractivity contribution in [1.82, 2.24) is 0 Å². The fraction of sp³-hybridized carbons (Fsp3) is 0. The van der Waals surface area contributed by atoms with Crippen molar-refractivity contribution < 1.29 is 50.0 Å². The summed E-state index contributed by atoms with van der Waals surface area (Å²) in [6.45, 7) is 0. The minimum absolute atomic E-state index is 0. The molecule has 0 rings (SSSR count). The van der Waals surface area contributed by atoms with Gasteiger partial charge in [0.15, 0.2) is 0 Å². The Morgan fingerprint density at radius 1 is 0.833 bits per heavy atom. The maximum absolute atomic E-state index is 9.29. The SMILES string of the molecule is O=S(=O)([O-])OS(=O)(=O)[O-].[NH2-].[NH2-].[Pd+2]. The minimum Gasteiger partial charge on any atom is -0.725 e. The Labute approximate surface area is 83.2 Å². The van der Waals surface area contributed by atoms with Gasteiger partial charge >= 0.3 is 20.4 Å². The second-order valence-electron chi connectivity index (χ2n) is 0.885. The molecule has 80 valence electrons. The van der Waals surface area contributed by atoms with Gasteiger partial charge in [-0.1, -0.05) is 0 Å². The van der Waals surface area contributed by atoms with Crippen molar-refractivity contribution in [2.24, 2.45) is 0 Å². The van der Waals surface area contributed by atoms with E-state index >= 15 is 0 Å². The van der Waals surface area contributed by atoms with Crippen LogP contribution in [-0.4, -0.2) is 25.9 Å². The van der Waals surface area contributed by atoms with Crippen molar-refractivity contribution in [2.45, 2.75) is 0 Å². The number of nitrogens with two attached hydrogens (primary N) is 2. The van der Waals surface area contributed by atoms with Gasteiger partial charge < -0.3 is 21.4 Å². The molecule has 0 saturated carbocycles. The first-order valence-electron chi connectivity index (χ1n) is 1.33. The Bertz CT molecular complexity index is 245. The van der Waals surface area contributed by atoms with Gasteiger partial charge in [0.05, 0.1) is 0 Å². The van der Waals surface area contributed by atoms with Crippen LogP contribution in [0.5, 0.6) is 0 Å². The van der Waals surface area contributed by atoms with E-state index in [-0.39, 0.29) is 32.7 Å². The Balaban J connectivity index is -0.000000107. The monoisotopic (exact) mass is 314 g/mol. The summed E-state index contributed by atoms with van der Waals surface area (Å²) in [5.74, 6) is 0. The van der Waals surface area contributed by atoms with E-state index in [9.17, 15) is 25.9 Å². The molecule has 0 aliphatic heterocycles. The van der Waals surface area contributed by atoms with Crippen LogP contribution in [0, 0.1) is 0 Å². The van der Waals surface area contributed by atoms with Crippen LogP contribution in [0.3, 0.4) is 0 Å². The summed E-state index contributed by atoms with van der Waals surface area (Å²) in [4.78, 5) is 0. The summed E-state index contributed by atoms with van der Waals surface area (Å²) in [5.41, 5.74) is 0. The van der Waals surface area contributed by atoms with Crippen molar-refractivity contribution in [2.75, 3.05) is 0 Å². The topological polar surface area (TPSA) is 191 Å². The van der Waals surface area contributed by atoms with Crippen LogP contribution >= 0.6 is 0 Å². The Kier molecular flexibility index (Phi) is 13.0. The van der Waals surface area contributed by atoms with Crippen LogP contribution in [0.25, 0.3) is 12.3 Å². The van der Waals surface area contributed by atoms with Crippen molar-refractivity contribution in [1.29, 1.82) is 0 Å². The first kappa shape index (κ1) is 22.8. The molecular weight excluding hydrogens is 311 g/mol. The molecule has 0 radical (unpaired) electrons. The number of hydrogen-bond donors (Lipinski definition) is 0. The summed E-state index contributed by atoms with van der Waals surface area (Å²) in [6.07, 6.45) is 0. The summed E-state index contributed by atoms with van der Waals surface area (Å²) in [5, 5.41) is 0. The van der Waals surface area contributed by atoms with Gasteiger partial charge in [0.1, 0.15) is 0 Å². The Hall–Kier alpha value is 0.362. The molecule has 0 aromatic rings. The van der Waals surface area contributed by atoms with Crippen LogP contribution in [0.2, 0.25) is 0 Å². The average Bonchev–Trinajstić information content (AvgIpc) is 1.14. The van der Waals surface area contributed by atoms with Gasteiger partial charge in [-0.25, -0.2) is 16.8 Å². The molecular formula is H4N2O7PdS2-2. The van der Waals surface area contributed by atoms with Crippen LogP contribution < -0.4 is 0 Å². The molecule has 4 N–H and O–H groups in total. The predicted molar refractivity (Wildman–Crippen MR) is 31.0 cm³/mol. The second-order valence-corrected chi connectivity index (χ2v) is 3.06. The minimum atomic E-state index is -5.43. The molecule has 0 atom stereocenters. The Morgan fingerprint density at radius 3 is 1.00 bits per heavy atom. The van der Waals surface area contributed by atoms with Gasteiger partial charge in [-0.2, -0.15) is 3.63 Å². The molecule has 0 unspecified atom stereocenters. The smallest absolute Gasteiger partial charge is 0.725 e. The third-order valence-electron chi connectivity index (χ3n) is 0.167. The quantitative estimate of drug-likeness (QED) is 0.367. The zero-order chi connectivity index (χ0) is 7.71. The molecule has 0 spiro atoms. The van der Waals surface area contributed by atoms with Gasteiger partial charge in [-0.3, -0.25) is 0 Å². The molecule has 0 aromatic carbocycles. The molecule has 12 heavy (non-hydrogen) atoms. The van der Waals surface area contributed by atoms with Gasteiger partial charge in [0, 0.05) is 0 Å². The second kappa shape index (κ2) is 6.83. The molecule has 0 bridgehead atoms. The van der Waals surface area contributed by atoms with Gasteiger partial charge in [0.25, 0.3) is 0 Å². The largest absolute Gasteiger partial charge is 2.00 e. The standard InChI is InChI=1S/2H2N.H2O7S2.Pd/c;;1-8(2,3)7-9(4,5)6;/h2*1H2;(H,1,2,3)(H,4,5,6);/q2*-1;;+2/p-2. The summed E-state index contributed by atoms with van der Waals surface area (Å²) >= 11 is 0. The molecule has 0 aromatic heterocycles. The maximum Gasteiger partial charge on any atom is 2.00 e. The summed E-state index contributed by atoms with van der Waals surface area (Å²) in [6, 6.07) is 0. The van der Waals surface area contributed by atoms with Crippen LogP contribution in [-0.2, 0) is 44.9 Å². The molecule has 9 nitrogen and oxygen atoms in total. The van der Waals surface area contributed by atoms with Crippen LogP contribution in [0.1, 0.15) is 0 Å². The van der Waals surface area contributed by atoms with Crippen LogP contribution in [0.4, 0.5) is 0 Å². The van der Waals surface area contributed by atoms with E-state index in [1.54, 1.807) is 0 Å². The first-order valence-corrected chi connectivity index (χ1v) is 4.00. The maximum atomic E-state index is 9.29. The molecule has 0 amide bonds. The fourth-order valence-electron chi connectivity index (χ4n) is 0.102. The van der Waals surface area contributed by atoms with E-state index in [4.69, 9.17) is 0 Å². The summed E-state index contributed by atoms with van der Waals surface area (Å²) < 4.78 is 58.2. The molecule has 0 aliphatic rings. The number of hydrogen-bond acceptors (Lipinski definition) is 7. The molecule has 12 heteroatoms. The van der Waals surface area contributed by atoms with Crippen molar-refractivity contribution in [3.8, 4) is 0 Å². The van der Waals surface area contributed by atoms with Gasteiger partial charge in [-0.15, -0.1) is 0 Å². The van der Waals surface area contributed by atoms with Crippen molar-refractivity contribution in [3.05, 3.63) is 12.3 Å². The fourth-order valence-corrected chi connectivity index (χ4v) is 0.919. The zero-order valence-electron chi connectivity index (χ0n) is 5.15. The van der Waals surface area contributed by atoms with E-state index in [0.29, 0.717) is 0 Å². The van der Waals surface area contributed by atoms with Crippen LogP contribution in [0.15, 0.2) is 0 Å². The molecule has 0 saturated heterocycles. The van der Waals surface area contributed by atoms with Gasteiger partial charge in [0.2, 0.25) is 20.8 Å². The van der Waals surface area contributed by atoms with E-state index in [1.807, 2.05) is 0 Å². The average molecular weight is 315 g/mol. The molecule has 0 heterocycles. The first-order chi connectivity index (χ1) is 3.71. The van der Waals surface area contributed by atoms with E-state index in [0.717, 1.165) is 0 Å². The molecule has 0 fully saturated rings. The van der Waals surface area contributed by atoms with Gasteiger partial charge in [-0.05, 0) is 0 Å². The number of rotatable bonds is 2. The van der Waals surface area contributed by atoms with E-state index in [1.165, 1.54) is 0 Å². The van der Waals surface area contributed by atoms with E-state index in [2.05, 4.69) is 3.63 Å². The van der Waals surface area contributed by atoms with Crippen molar-refractivity contribution >= 4 is 20.8 Å². The van der Waals surface area contributed by atoms with Crippen molar-refractivity contribution in [3.63, 3.8) is 0 Å². The summed E-state index contributed by atoms with van der Waals surface area (Å²) in [7, 11) is -10.9. The third-order valence-corrected chi connectivity index (χ3v) is 1.50. The van der Waals surface area contributed by atoms with E-state index < -0.39 is 20.8 Å². The molecule has 0 aliphatic carbocycles. The zero-order valence-corrected chi connectivity index (χ0v) is 8.33. The third kappa shape index (κ3) is 22.4.